The van der Waals surface area contributed by atoms with Crippen molar-refractivity contribution in [1.82, 2.24) is 0 Å². The van der Waals surface area contributed by atoms with Crippen LogP contribution in [0.2, 0.25) is 0 Å². The van der Waals surface area contributed by atoms with Gasteiger partial charge in [0.05, 0.1) is 0 Å². The van der Waals surface area contributed by atoms with Crippen molar-refractivity contribution in [2.24, 2.45) is 0 Å². The average molecular weight is 304 g/mol. The topological polar surface area (TPSA) is 376 Å². The average Bonchev–Trinajstić information content (AvgIpc) is 0.722. The van der Waals surface area contributed by atoms with E-state index in [2.05, 4.69) is 0 Å². The Morgan fingerprint density at radius 2 is 0.438 bits per heavy atom. The largest absolute Gasteiger partial charge is 3.00 e. The Morgan fingerprint density at radius 3 is 0.438 bits per heavy atom. The molecule has 0 radical (unpaired) electrons. The van der Waals surface area contributed by atoms with Crippen molar-refractivity contribution in [2.45, 2.75) is 0 Å². The first-order valence-electron chi connectivity index (χ1n) is 0.816. The quantitative estimate of drug-likeness (QED) is 0.392. The van der Waals surface area contributed by atoms with Crippen LogP contribution in [0.3, 0.4) is 0 Å². The molecule has 0 heterocycles. The first kappa shape index (κ1) is 166. The van der Waals surface area contributed by atoms with Crippen molar-refractivity contribution in [3.05, 3.63) is 0 Å². The van der Waals surface area contributed by atoms with Crippen LogP contribution in [-0.4, -0.2) is 75.7 Å². The Bertz CT molecular complexity index is 31.4. The van der Waals surface area contributed by atoms with E-state index in [-0.39, 0.29) is 96.2 Å². The summed E-state index contributed by atoms with van der Waals surface area (Å²) in [6.07, 6.45) is 0. The van der Waals surface area contributed by atoms with Crippen LogP contribution in [0.5, 0.6) is 0 Å². The van der Waals surface area contributed by atoms with Crippen LogP contribution in [0.1, 0.15) is 0 Å². The summed E-state index contributed by atoms with van der Waals surface area (Å²) in [7, 11) is -5.61. The summed E-state index contributed by atoms with van der Waals surface area (Å²) >= 11 is 0. The molecule has 0 saturated heterocycles. The Labute approximate surface area is 124 Å². The van der Waals surface area contributed by atoms with Crippen LogP contribution in [-0.2, 0) is 0 Å². The molecule has 0 aliphatic rings. The van der Waals surface area contributed by atoms with E-state index in [1.165, 1.54) is 0 Å². The summed E-state index contributed by atoms with van der Waals surface area (Å²) in [6.45, 7) is 0. The van der Waals surface area contributed by atoms with Crippen LogP contribution in [0.4, 0.5) is 0 Å². The Balaban J connectivity index is -0.00000000145. The van der Waals surface area contributed by atoms with Crippen LogP contribution in [0.15, 0.2) is 0 Å². The summed E-state index contributed by atoms with van der Waals surface area (Å²) in [6, 6.07) is 0. The second-order valence-corrected chi connectivity index (χ2v) is 1.50. The molecule has 0 fully saturated rings. The fourth-order valence-corrected chi connectivity index (χ4v) is 0. The first-order valence-corrected chi connectivity index (χ1v) is 2.45. The van der Waals surface area contributed by atoms with Gasteiger partial charge in [-0.25, -0.2) is 0 Å². The third-order valence-electron chi connectivity index (χ3n) is 0. The molecule has 16 heavy (non-hydrogen) atoms. The van der Waals surface area contributed by atoms with Crippen LogP contribution in [0.25, 0.3) is 0 Å². The maximum atomic E-state index is 8.58. The molecule has 0 unspecified atom stereocenters. The van der Waals surface area contributed by atoms with Crippen molar-refractivity contribution < 1.29 is 98.0 Å². The van der Waals surface area contributed by atoms with E-state index in [0.29, 0.717) is 0 Å². The molecule has 0 rings (SSSR count). The van der Waals surface area contributed by atoms with Gasteiger partial charge in [-0.2, -0.15) is 0 Å². The molecule has 0 atom stereocenters. The number of rotatable bonds is 0. The van der Waals surface area contributed by atoms with Gasteiger partial charge in [-0.1, -0.05) is 0 Å². The van der Waals surface area contributed by atoms with E-state index < -0.39 is 9.05 Å². The van der Waals surface area contributed by atoms with Gasteiger partial charge >= 0.3 is 46.9 Å². The standard InChI is InChI=1S/Al.Na.O4Si.9H2O/c;;1-5(2,3)4;;;;;;;;;/h;;;9*1H2/q+3;+1;-4;;;;;;;;;. The third-order valence-corrected chi connectivity index (χ3v) is 0. The summed E-state index contributed by atoms with van der Waals surface area (Å²) in [5.74, 6) is 0. The minimum atomic E-state index is -5.61. The molecule has 18 N–H and O–H groups in total. The van der Waals surface area contributed by atoms with E-state index in [0.717, 1.165) is 0 Å². The molecule has 0 aliphatic carbocycles. The molecular formula is H18AlNaO13Si. The van der Waals surface area contributed by atoms with Crippen LogP contribution in [0, 0.1) is 0 Å². The van der Waals surface area contributed by atoms with Crippen molar-refractivity contribution in [1.29, 1.82) is 0 Å². The number of hydrogen-bond acceptors (Lipinski definition) is 4. The van der Waals surface area contributed by atoms with Gasteiger partial charge in [0, 0.05) is 0 Å². The molecule has 0 spiro atoms. The zero-order valence-electron chi connectivity index (χ0n) is 8.21. The maximum absolute atomic E-state index is 8.58. The van der Waals surface area contributed by atoms with Crippen molar-refractivity contribution in [3.63, 3.8) is 0 Å². The van der Waals surface area contributed by atoms with Crippen molar-refractivity contribution in [2.75, 3.05) is 0 Å². The van der Waals surface area contributed by atoms with Gasteiger partial charge in [0.1, 0.15) is 0 Å². The SMILES string of the molecule is O.O.O.O.O.O.O.O.O.[Al+3].[Na+].[O-][Si]([O-])([O-])[O-]. The maximum Gasteiger partial charge on any atom is 3.00 e. The first-order chi connectivity index (χ1) is 2.00. The third kappa shape index (κ3) is 2040. The van der Waals surface area contributed by atoms with Crippen LogP contribution >= 0.6 is 0 Å². The summed E-state index contributed by atoms with van der Waals surface area (Å²) in [4.78, 5) is 34.3. The van der Waals surface area contributed by atoms with Crippen LogP contribution < -0.4 is 48.7 Å². The van der Waals surface area contributed by atoms with Gasteiger partial charge in [-0.15, -0.1) is 0 Å². The molecule has 0 saturated carbocycles. The Kier molecular flexibility index (Phi) is 747. The summed E-state index contributed by atoms with van der Waals surface area (Å²) in [5, 5.41) is 0. The molecule has 0 bridgehead atoms. The monoisotopic (exact) mass is 304 g/mol. The van der Waals surface area contributed by atoms with Gasteiger partial charge in [0.15, 0.2) is 0 Å². The zero-order valence-corrected chi connectivity index (χ0v) is 12.4. The molecule has 16 heteroatoms. The predicted molar refractivity (Wildman–Crippen MR) is 44.0 cm³/mol. The van der Waals surface area contributed by atoms with E-state index in [9.17, 15) is 0 Å². The molecule has 0 aliphatic heterocycles. The molecule has 0 amide bonds. The number of hydrogen-bond donors (Lipinski definition) is 0. The van der Waals surface area contributed by atoms with E-state index >= 15 is 0 Å². The van der Waals surface area contributed by atoms with Crippen molar-refractivity contribution >= 4 is 26.4 Å². The van der Waals surface area contributed by atoms with Gasteiger partial charge < -0.3 is 77.5 Å². The summed E-state index contributed by atoms with van der Waals surface area (Å²) in [5.41, 5.74) is 0. The molecule has 0 aromatic heterocycles. The minimum Gasteiger partial charge on any atom is -0.894 e. The fraction of sp³-hybridized carbons (Fsp3) is 0. The predicted octanol–water partition coefficient (Wildman–Crippen LogP) is -15.9. The minimum absolute atomic E-state index is 0. The van der Waals surface area contributed by atoms with E-state index in [1.54, 1.807) is 0 Å². The summed E-state index contributed by atoms with van der Waals surface area (Å²) < 4.78 is 0. The van der Waals surface area contributed by atoms with Gasteiger partial charge in [0.25, 0.3) is 0 Å². The van der Waals surface area contributed by atoms with Gasteiger partial charge in [-0.3, -0.25) is 0 Å². The smallest absolute Gasteiger partial charge is 0.894 e. The molecule has 104 valence electrons. The molecule has 0 aromatic rings. The molecule has 13 nitrogen and oxygen atoms in total. The molecular weight excluding hydrogens is 286 g/mol. The second kappa shape index (κ2) is 72.0. The second-order valence-electron chi connectivity index (χ2n) is 0.500. The van der Waals surface area contributed by atoms with Gasteiger partial charge in [-0.05, 0) is 0 Å². The van der Waals surface area contributed by atoms with Crippen molar-refractivity contribution in [3.8, 4) is 0 Å². The zero-order chi connectivity index (χ0) is 4.50. The normalized spacial score (nSPS) is 3.75. The van der Waals surface area contributed by atoms with E-state index in [4.69, 9.17) is 19.2 Å². The molecule has 0 aromatic carbocycles. The Morgan fingerprint density at radius 1 is 0.438 bits per heavy atom. The fourth-order valence-electron chi connectivity index (χ4n) is 0. The van der Waals surface area contributed by atoms with Gasteiger partial charge in [0.2, 0.25) is 0 Å². The van der Waals surface area contributed by atoms with E-state index in [1.807, 2.05) is 0 Å². The Hall–Kier alpha value is 1.23.